The lowest BCUT2D eigenvalue weighted by Gasteiger charge is -2.29. The van der Waals surface area contributed by atoms with E-state index in [1.165, 1.54) is 13.1 Å². The molecule has 3 rings (SSSR count). The van der Waals surface area contributed by atoms with Crippen LogP contribution >= 0.6 is 0 Å². The third kappa shape index (κ3) is 3.11. The number of nitrogens with one attached hydrogen (secondary N) is 1. The van der Waals surface area contributed by atoms with Crippen molar-refractivity contribution in [1.29, 1.82) is 0 Å². The highest BCUT2D eigenvalue weighted by atomic mass is 19.1. The van der Waals surface area contributed by atoms with Gasteiger partial charge < -0.3 is 10.2 Å². The van der Waals surface area contributed by atoms with Gasteiger partial charge in [0.15, 0.2) is 0 Å². The molecule has 6 nitrogen and oxygen atoms in total. The zero-order chi connectivity index (χ0) is 17.3. The van der Waals surface area contributed by atoms with Gasteiger partial charge in [0.05, 0.1) is 0 Å². The van der Waals surface area contributed by atoms with Crippen molar-refractivity contribution in [3.05, 3.63) is 35.6 Å². The summed E-state index contributed by atoms with van der Waals surface area (Å²) in [6.07, 6.45) is 1.24. The third-order valence-electron chi connectivity index (χ3n) is 4.77. The number of benzene rings is 1. The Balaban J connectivity index is 1.60. The predicted molar refractivity (Wildman–Crippen MR) is 84.7 cm³/mol. The molecule has 1 N–H and O–H groups in total. The highest BCUT2D eigenvalue weighted by Gasteiger charge is 2.35. The van der Waals surface area contributed by atoms with Gasteiger partial charge in [-0.2, -0.15) is 0 Å². The van der Waals surface area contributed by atoms with E-state index in [9.17, 15) is 18.8 Å². The number of halogens is 1. The normalized spacial score (nSPS) is 24.4. The van der Waals surface area contributed by atoms with Crippen molar-refractivity contribution in [1.82, 2.24) is 15.1 Å². The Kier molecular flexibility index (Phi) is 4.51. The summed E-state index contributed by atoms with van der Waals surface area (Å²) < 4.78 is 13.9. The maximum absolute atomic E-state index is 13.9. The Morgan fingerprint density at radius 3 is 2.75 bits per heavy atom. The Hall–Kier alpha value is -2.44. The molecule has 0 bridgehead atoms. The van der Waals surface area contributed by atoms with Crippen LogP contribution in [0.2, 0.25) is 0 Å². The van der Waals surface area contributed by atoms with Crippen molar-refractivity contribution in [3.8, 4) is 0 Å². The van der Waals surface area contributed by atoms with Gasteiger partial charge in [-0.15, -0.1) is 0 Å². The number of likely N-dealkylation sites (N-methyl/N-ethyl adjacent to an activating group) is 1. The second-order valence-electron chi connectivity index (χ2n) is 6.28. The Bertz CT molecular complexity index is 679. The molecule has 2 saturated heterocycles. The van der Waals surface area contributed by atoms with E-state index in [0.29, 0.717) is 31.5 Å². The highest BCUT2D eigenvalue weighted by molar-refractivity contribution is 6.01. The smallest absolute Gasteiger partial charge is 0.318 e. The number of likely N-dealkylation sites (tertiary alicyclic amines) is 2. The van der Waals surface area contributed by atoms with Crippen LogP contribution in [0.15, 0.2) is 24.3 Å². The first-order valence-corrected chi connectivity index (χ1v) is 8.07. The minimum atomic E-state index is -0.673. The molecule has 7 heteroatoms. The maximum Gasteiger partial charge on any atom is 0.318 e. The first kappa shape index (κ1) is 16.4. The van der Waals surface area contributed by atoms with Crippen LogP contribution in [0.4, 0.5) is 9.18 Å². The van der Waals surface area contributed by atoms with Gasteiger partial charge in [-0.25, -0.2) is 9.18 Å². The number of hydrogen-bond donors (Lipinski definition) is 1. The number of rotatable bonds is 2. The van der Waals surface area contributed by atoms with E-state index in [1.54, 1.807) is 23.1 Å². The maximum atomic E-state index is 13.9. The molecule has 2 aliphatic rings. The van der Waals surface area contributed by atoms with Crippen molar-refractivity contribution >= 4 is 17.8 Å². The van der Waals surface area contributed by atoms with Gasteiger partial charge in [0, 0.05) is 32.5 Å². The van der Waals surface area contributed by atoms with Crippen molar-refractivity contribution in [3.63, 3.8) is 0 Å². The Labute approximate surface area is 139 Å². The molecule has 2 atom stereocenters. The summed E-state index contributed by atoms with van der Waals surface area (Å²) >= 11 is 0. The van der Waals surface area contributed by atoms with Gasteiger partial charge in [0.1, 0.15) is 11.9 Å². The van der Waals surface area contributed by atoms with Gasteiger partial charge in [-0.3, -0.25) is 14.5 Å². The lowest BCUT2D eigenvalue weighted by molar-refractivity contribution is -0.147. The lowest BCUT2D eigenvalue weighted by atomic mass is 9.98. The van der Waals surface area contributed by atoms with Crippen LogP contribution in [0.3, 0.4) is 0 Å². The molecule has 0 saturated carbocycles. The molecular formula is C17H20FN3O3. The van der Waals surface area contributed by atoms with E-state index in [1.807, 2.05) is 0 Å². The molecule has 2 fully saturated rings. The number of amides is 4. The number of carbonyl (C=O) groups is 3. The van der Waals surface area contributed by atoms with Crippen LogP contribution in [-0.4, -0.2) is 53.8 Å². The monoisotopic (exact) mass is 333 g/mol. The van der Waals surface area contributed by atoms with Crippen LogP contribution in [0.1, 0.15) is 30.7 Å². The van der Waals surface area contributed by atoms with Crippen LogP contribution in [0.25, 0.3) is 0 Å². The standard InChI is InChI=1S/C17H20FN3O3/c1-20-15(22)7-6-14(16(20)23)19-17(24)21-9-8-11(10-21)12-4-2-3-5-13(12)18/h2-5,11,14H,6-10H2,1H3,(H,19,24). The SMILES string of the molecule is CN1C(=O)CCC(NC(=O)N2CCC(c3ccccc3F)C2)C1=O. The minimum Gasteiger partial charge on any atom is -0.326 e. The number of piperidine rings is 1. The lowest BCUT2D eigenvalue weighted by Crippen LogP contribution is -2.55. The van der Waals surface area contributed by atoms with Crippen molar-refractivity contribution in [2.45, 2.75) is 31.2 Å². The van der Waals surface area contributed by atoms with Crippen molar-refractivity contribution < 1.29 is 18.8 Å². The average molecular weight is 333 g/mol. The number of carbonyl (C=O) groups excluding carboxylic acids is 3. The van der Waals surface area contributed by atoms with Gasteiger partial charge in [-0.05, 0) is 24.5 Å². The average Bonchev–Trinajstić information content (AvgIpc) is 3.06. The molecular weight excluding hydrogens is 313 g/mol. The first-order valence-electron chi connectivity index (χ1n) is 8.07. The number of hydrogen-bond acceptors (Lipinski definition) is 3. The fourth-order valence-corrected chi connectivity index (χ4v) is 3.29. The minimum absolute atomic E-state index is 0.0386. The van der Waals surface area contributed by atoms with Crippen LogP contribution in [-0.2, 0) is 9.59 Å². The van der Waals surface area contributed by atoms with E-state index in [0.717, 1.165) is 4.90 Å². The molecule has 0 radical (unpaired) electrons. The van der Waals surface area contributed by atoms with E-state index in [2.05, 4.69) is 5.32 Å². The molecule has 0 spiro atoms. The Morgan fingerprint density at radius 1 is 1.25 bits per heavy atom. The van der Waals surface area contributed by atoms with Gasteiger partial charge >= 0.3 is 6.03 Å². The van der Waals surface area contributed by atoms with E-state index in [-0.39, 0.29) is 36.0 Å². The van der Waals surface area contributed by atoms with E-state index >= 15 is 0 Å². The number of nitrogens with zero attached hydrogens (tertiary/aromatic N) is 2. The van der Waals surface area contributed by atoms with E-state index < -0.39 is 6.04 Å². The second kappa shape index (κ2) is 6.59. The summed E-state index contributed by atoms with van der Waals surface area (Å²) in [6.45, 7) is 0.933. The fourth-order valence-electron chi connectivity index (χ4n) is 3.29. The topological polar surface area (TPSA) is 69.7 Å². The van der Waals surface area contributed by atoms with Crippen LogP contribution < -0.4 is 5.32 Å². The molecule has 1 aromatic rings. The van der Waals surface area contributed by atoms with E-state index in [4.69, 9.17) is 0 Å². The molecule has 0 aromatic heterocycles. The second-order valence-corrected chi connectivity index (χ2v) is 6.28. The first-order chi connectivity index (χ1) is 11.5. The molecule has 2 heterocycles. The summed E-state index contributed by atoms with van der Waals surface area (Å²) in [4.78, 5) is 38.5. The third-order valence-corrected chi connectivity index (χ3v) is 4.77. The zero-order valence-corrected chi connectivity index (χ0v) is 13.5. The molecule has 2 unspecified atom stereocenters. The fraction of sp³-hybridized carbons (Fsp3) is 0.471. The summed E-state index contributed by atoms with van der Waals surface area (Å²) in [7, 11) is 1.42. The summed E-state index contributed by atoms with van der Waals surface area (Å²) in [6, 6.07) is 5.58. The molecule has 4 amide bonds. The van der Waals surface area contributed by atoms with Gasteiger partial charge in [-0.1, -0.05) is 18.2 Å². The number of imide groups is 1. The van der Waals surface area contributed by atoms with Crippen molar-refractivity contribution in [2.75, 3.05) is 20.1 Å². The summed E-state index contributed by atoms with van der Waals surface area (Å²) in [5.74, 6) is -0.911. The predicted octanol–water partition coefficient (Wildman–Crippen LogP) is 1.47. The van der Waals surface area contributed by atoms with Crippen LogP contribution in [0, 0.1) is 5.82 Å². The summed E-state index contributed by atoms with van der Waals surface area (Å²) in [5.41, 5.74) is 0.617. The number of urea groups is 1. The van der Waals surface area contributed by atoms with Crippen molar-refractivity contribution in [2.24, 2.45) is 0 Å². The molecule has 2 aliphatic heterocycles. The van der Waals surface area contributed by atoms with Gasteiger partial charge in [0.2, 0.25) is 5.91 Å². The molecule has 1 aromatic carbocycles. The zero-order valence-electron chi connectivity index (χ0n) is 13.5. The highest BCUT2D eigenvalue weighted by Crippen LogP contribution is 2.29. The molecule has 24 heavy (non-hydrogen) atoms. The Morgan fingerprint density at radius 2 is 2.00 bits per heavy atom. The molecule has 0 aliphatic carbocycles. The summed E-state index contributed by atoms with van der Waals surface area (Å²) in [5, 5.41) is 2.70. The van der Waals surface area contributed by atoms with Gasteiger partial charge in [0.25, 0.3) is 5.91 Å². The quantitative estimate of drug-likeness (QED) is 0.833. The molecule has 128 valence electrons. The van der Waals surface area contributed by atoms with Crippen LogP contribution in [0.5, 0.6) is 0 Å². The largest absolute Gasteiger partial charge is 0.326 e.